The number of benzene rings is 1. The van der Waals surface area contributed by atoms with Crippen LogP contribution in [0.2, 0.25) is 0 Å². The number of hydrogen-bond donors (Lipinski definition) is 1. The molecule has 1 aromatic carbocycles. The molecule has 1 aromatic rings. The van der Waals surface area contributed by atoms with Crippen LogP contribution in [0, 0.1) is 13.8 Å². The molecule has 4 nitrogen and oxygen atoms in total. The van der Waals surface area contributed by atoms with Gasteiger partial charge in [0.15, 0.2) is 0 Å². The zero-order valence-corrected chi connectivity index (χ0v) is 12.9. The smallest absolute Gasteiger partial charge is 0.471 e. The number of likely N-dealkylation sites (tertiary alicyclic amines) is 1. The lowest BCUT2D eigenvalue weighted by Gasteiger charge is -2.34. The van der Waals surface area contributed by atoms with Crippen LogP contribution in [-0.4, -0.2) is 41.1 Å². The number of carbonyl (C=O) groups is 2. The second kappa shape index (κ2) is 6.22. The van der Waals surface area contributed by atoms with Gasteiger partial charge >= 0.3 is 18.1 Å². The number of aryl methyl sites for hydroxylation is 2. The van der Waals surface area contributed by atoms with Crippen LogP contribution >= 0.6 is 0 Å². The zero-order chi connectivity index (χ0) is 17.4. The number of alkyl halides is 3. The van der Waals surface area contributed by atoms with Gasteiger partial charge in [0.1, 0.15) is 0 Å². The molecule has 0 bridgehead atoms. The maximum absolute atomic E-state index is 12.6. The summed E-state index contributed by atoms with van der Waals surface area (Å²) in [7, 11) is 0. The molecule has 0 aliphatic carbocycles. The van der Waals surface area contributed by atoms with Crippen LogP contribution in [0.15, 0.2) is 12.1 Å². The van der Waals surface area contributed by atoms with Crippen molar-refractivity contribution in [3.63, 3.8) is 0 Å². The number of nitrogens with zero attached hydrogens (tertiary/aromatic N) is 1. The Balaban J connectivity index is 2.27. The molecule has 1 aliphatic rings. The van der Waals surface area contributed by atoms with Gasteiger partial charge in [-0.15, -0.1) is 0 Å². The first kappa shape index (κ1) is 17.3. The standard InChI is InChI=1S/C16H18F3NO3/c1-9-7-13(14(21)22)10(2)6-12(9)11-4-3-5-20(8-11)15(23)16(17,18)19/h6-7,11H,3-5,8H2,1-2H3,(H,21,22). The van der Waals surface area contributed by atoms with Gasteiger partial charge in [-0.1, -0.05) is 6.07 Å². The molecule has 1 unspecified atom stereocenters. The highest BCUT2D eigenvalue weighted by Gasteiger charge is 2.43. The Morgan fingerprint density at radius 3 is 2.43 bits per heavy atom. The number of carboxylic acids is 1. The van der Waals surface area contributed by atoms with Crippen LogP contribution in [0.3, 0.4) is 0 Å². The van der Waals surface area contributed by atoms with Gasteiger partial charge in [-0.25, -0.2) is 4.79 Å². The van der Waals surface area contributed by atoms with Gasteiger partial charge in [-0.3, -0.25) is 4.79 Å². The van der Waals surface area contributed by atoms with Crippen molar-refractivity contribution >= 4 is 11.9 Å². The Kier molecular flexibility index (Phi) is 4.68. The van der Waals surface area contributed by atoms with E-state index in [9.17, 15) is 22.8 Å². The average Bonchev–Trinajstić information content (AvgIpc) is 2.47. The minimum Gasteiger partial charge on any atom is -0.478 e. The predicted molar refractivity (Wildman–Crippen MR) is 77.5 cm³/mol. The number of piperidine rings is 1. The maximum atomic E-state index is 12.6. The van der Waals surface area contributed by atoms with Gasteiger partial charge in [0.05, 0.1) is 5.56 Å². The molecule has 0 aromatic heterocycles. The normalized spacial score (nSPS) is 18.8. The highest BCUT2D eigenvalue weighted by Crippen LogP contribution is 2.32. The van der Waals surface area contributed by atoms with E-state index in [0.717, 1.165) is 16.0 Å². The topological polar surface area (TPSA) is 57.6 Å². The highest BCUT2D eigenvalue weighted by atomic mass is 19.4. The molecule has 1 aliphatic heterocycles. The van der Waals surface area contributed by atoms with E-state index >= 15 is 0 Å². The molecule has 1 heterocycles. The van der Waals surface area contributed by atoms with E-state index in [1.165, 1.54) is 6.07 Å². The zero-order valence-electron chi connectivity index (χ0n) is 12.9. The second-order valence-electron chi connectivity index (χ2n) is 5.92. The minimum atomic E-state index is -4.86. The number of aromatic carboxylic acids is 1. The number of amides is 1. The van der Waals surface area contributed by atoms with E-state index in [1.807, 2.05) is 0 Å². The summed E-state index contributed by atoms with van der Waals surface area (Å²) >= 11 is 0. The van der Waals surface area contributed by atoms with Crippen molar-refractivity contribution < 1.29 is 27.9 Å². The molecule has 1 N–H and O–H groups in total. The molecule has 1 atom stereocenters. The van der Waals surface area contributed by atoms with Gasteiger partial charge in [-0.05, 0) is 49.4 Å². The summed E-state index contributed by atoms with van der Waals surface area (Å²) in [6.07, 6.45) is -3.69. The molecule has 0 spiro atoms. The lowest BCUT2D eigenvalue weighted by atomic mass is 9.85. The largest absolute Gasteiger partial charge is 0.478 e. The quantitative estimate of drug-likeness (QED) is 0.906. The first-order chi connectivity index (χ1) is 10.6. The molecule has 0 saturated carbocycles. The monoisotopic (exact) mass is 329 g/mol. The average molecular weight is 329 g/mol. The van der Waals surface area contributed by atoms with Gasteiger partial charge < -0.3 is 10.0 Å². The molecule has 7 heteroatoms. The van der Waals surface area contributed by atoms with E-state index in [1.54, 1.807) is 19.9 Å². The fourth-order valence-corrected chi connectivity index (χ4v) is 3.10. The molecule has 1 fully saturated rings. The van der Waals surface area contributed by atoms with E-state index < -0.39 is 18.1 Å². The molecule has 1 saturated heterocycles. The number of rotatable bonds is 2. The van der Waals surface area contributed by atoms with Gasteiger partial charge in [0, 0.05) is 19.0 Å². The van der Waals surface area contributed by atoms with E-state index in [2.05, 4.69) is 0 Å². The molecular weight excluding hydrogens is 311 g/mol. The summed E-state index contributed by atoms with van der Waals surface area (Å²) in [5.41, 5.74) is 2.29. The Morgan fingerprint density at radius 2 is 1.87 bits per heavy atom. The van der Waals surface area contributed by atoms with Crippen molar-refractivity contribution in [2.24, 2.45) is 0 Å². The summed E-state index contributed by atoms with van der Waals surface area (Å²) < 4.78 is 37.8. The number of carbonyl (C=O) groups excluding carboxylic acids is 1. The SMILES string of the molecule is Cc1cc(C2CCCN(C(=O)C(F)(F)F)C2)c(C)cc1C(=O)O. The van der Waals surface area contributed by atoms with Crippen molar-refractivity contribution in [1.82, 2.24) is 4.90 Å². The van der Waals surface area contributed by atoms with Crippen LogP contribution in [0.25, 0.3) is 0 Å². The molecule has 1 amide bonds. The lowest BCUT2D eigenvalue weighted by Crippen LogP contribution is -2.45. The molecule has 0 radical (unpaired) electrons. The van der Waals surface area contributed by atoms with Crippen molar-refractivity contribution in [3.05, 3.63) is 34.4 Å². The first-order valence-corrected chi connectivity index (χ1v) is 7.31. The van der Waals surface area contributed by atoms with Crippen LogP contribution in [0.1, 0.15) is 45.8 Å². The van der Waals surface area contributed by atoms with E-state index in [0.29, 0.717) is 18.4 Å². The highest BCUT2D eigenvalue weighted by molar-refractivity contribution is 5.89. The van der Waals surface area contributed by atoms with Crippen LogP contribution < -0.4 is 0 Å². The van der Waals surface area contributed by atoms with Gasteiger partial charge in [0.2, 0.25) is 0 Å². The number of hydrogen-bond acceptors (Lipinski definition) is 2. The summed E-state index contributed by atoms with van der Waals surface area (Å²) in [6, 6.07) is 3.25. The van der Waals surface area contributed by atoms with Crippen LogP contribution in [0.4, 0.5) is 13.2 Å². The van der Waals surface area contributed by atoms with Gasteiger partial charge in [-0.2, -0.15) is 13.2 Å². The molecular formula is C16H18F3NO3. The van der Waals surface area contributed by atoms with Crippen molar-refractivity contribution in [3.8, 4) is 0 Å². The molecule has 2 rings (SSSR count). The maximum Gasteiger partial charge on any atom is 0.471 e. The predicted octanol–water partition coefficient (Wildman–Crippen LogP) is 3.27. The van der Waals surface area contributed by atoms with Crippen molar-refractivity contribution in [2.45, 2.75) is 38.8 Å². The molecule has 126 valence electrons. The fraction of sp³-hybridized carbons (Fsp3) is 0.500. The third kappa shape index (κ3) is 3.65. The van der Waals surface area contributed by atoms with E-state index in [-0.39, 0.29) is 24.6 Å². The summed E-state index contributed by atoms with van der Waals surface area (Å²) in [4.78, 5) is 23.4. The third-order valence-corrected chi connectivity index (χ3v) is 4.23. The van der Waals surface area contributed by atoms with Crippen molar-refractivity contribution in [1.29, 1.82) is 0 Å². The summed E-state index contributed by atoms with van der Waals surface area (Å²) in [5.74, 6) is -3.05. The number of carboxylic acid groups (broad SMARTS) is 1. The van der Waals surface area contributed by atoms with Crippen LogP contribution in [-0.2, 0) is 4.79 Å². The second-order valence-corrected chi connectivity index (χ2v) is 5.92. The lowest BCUT2D eigenvalue weighted by molar-refractivity contribution is -0.186. The minimum absolute atomic E-state index is 0.00500. The van der Waals surface area contributed by atoms with Crippen molar-refractivity contribution in [2.75, 3.05) is 13.1 Å². The van der Waals surface area contributed by atoms with Gasteiger partial charge in [0.25, 0.3) is 0 Å². The fourth-order valence-electron chi connectivity index (χ4n) is 3.10. The Labute approximate surface area is 131 Å². The Hall–Kier alpha value is -2.05. The van der Waals surface area contributed by atoms with E-state index in [4.69, 9.17) is 5.11 Å². The Morgan fingerprint density at radius 1 is 1.22 bits per heavy atom. The third-order valence-electron chi connectivity index (χ3n) is 4.23. The molecule has 23 heavy (non-hydrogen) atoms. The first-order valence-electron chi connectivity index (χ1n) is 7.31. The summed E-state index contributed by atoms with van der Waals surface area (Å²) in [6.45, 7) is 3.50. The van der Waals surface area contributed by atoms with Crippen LogP contribution in [0.5, 0.6) is 0 Å². The number of halogens is 3. The summed E-state index contributed by atoms with van der Waals surface area (Å²) in [5, 5.41) is 9.12. The Bertz CT molecular complexity index is 640.